The van der Waals surface area contributed by atoms with E-state index in [1.165, 1.54) is 5.75 Å². The van der Waals surface area contributed by atoms with Crippen molar-refractivity contribution in [1.82, 2.24) is 8.27 Å². The molecule has 2 atom stereocenters. The summed E-state index contributed by atoms with van der Waals surface area (Å²) in [6.07, 6.45) is 2.22. The van der Waals surface area contributed by atoms with Gasteiger partial charge in [-0.15, -0.1) is 3.44 Å². The molecule has 0 aromatic carbocycles. The smallest absolute Gasteiger partial charge is 0.0420 e. The number of nitrogens with zero attached hydrogens (tertiary/aromatic N) is 1. The zero-order valence-electron chi connectivity index (χ0n) is 4.44. The molecule has 2 unspecified atom stereocenters. The molecule has 1 rings (SSSR count). The van der Waals surface area contributed by atoms with Crippen LogP contribution in [0.25, 0.3) is 0 Å². The van der Waals surface area contributed by atoms with E-state index in [1.54, 1.807) is 0 Å². The topological polar surface area (TPSA) is 25.0 Å². The summed E-state index contributed by atoms with van der Waals surface area (Å²) in [5.41, 5.74) is 0. The summed E-state index contributed by atoms with van der Waals surface area (Å²) < 4.78 is 2.01. The van der Waals surface area contributed by atoms with Gasteiger partial charge in [-0.1, -0.05) is 17.3 Å². The molecule has 1 N–H and O–H groups in total. The lowest BCUT2D eigenvalue weighted by atomic mass is 11.0. The van der Waals surface area contributed by atoms with E-state index < -0.39 is 10.4 Å². The van der Waals surface area contributed by atoms with Gasteiger partial charge in [-0.25, -0.2) is 0 Å². The van der Waals surface area contributed by atoms with Crippen molar-refractivity contribution in [2.24, 2.45) is 0 Å². The lowest BCUT2D eigenvalue weighted by Crippen LogP contribution is -1.82. The zero-order valence-corrected chi connectivity index (χ0v) is 6.84. The number of nitrogens with one attached hydrogen (secondary N) is 1. The fourth-order valence-corrected chi connectivity index (χ4v) is 2.88. The molecule has 0 aliphatic carbocycles. The maximum atomic E-state index is 3.32. The van der Waals surface area contributed by atoms with Crippen LogP contribution in [0, 0.1) is 0 Å². The Balaban J connectivity index is 2.36. The number of halogens is 1. The van der Waals surface area contributed by atoms with Gasteiger partial charge in [-0.05, 0) is 6.26 Å². The lowest BCUT2D eigenvalue weighted by Gasteiger charge is -2.03. The van der Waals surface area contributed by atoms with Gasteiger partial charge in [0.2, 0.25) is 0 Å². The summed E-state index contributed by atoms with van der Waals surface area (Å²) in [6.45, 7) is 2.18. The highest BCUT2D eigenvalue weighted by Crippen LogP contribution is 2.58. The van der Waals surface area contributed by atoms with Crippen molar-refractivity contribution in [3.63, 3.8) is 0 Å². The predicted octanol–water partition coefficient (Wildman–Crippen LogP) is 1.40. The van der Waals surface area contributed by atoms with Crippen LogP contribution in [0.5, 0.6) is 0 Å². The third-order valence-corrected chi connectivity index (χ3v) is 5.81. The highest BCUT2D eigenvalue weighted by atomic mass is 79.9. The Kier molecular flexibility index (Phi) is 1.36. The van der Waals surface area contributed by atoms with Gasteiger partial charge in [0.1, 0.15) is 0 Å². The minimum absolute atomic E-state index is 0.491. The Morgan fingerprint density at radius 1 is 1.86 bits per heavy atom. The normalized spacial score (nSPS) is 58.4. The molecule has 4 heteroatoms. The molecule has 0 aromatic rings. The first kappa shape index (κ1) is 5.88. The molecular weight excluding hydrogens is 176 g/mol. The molecule has 0 aromatic heterocycles. The average molecular weight is 185 g/mol. The van der Waals surface area contributed by atoms with E-state index in [9.17, 15) is 0 Å². The molecule has 0 bridgehead atoms. The summed E-state index contributed by atoms with van der Waals surface area (Å²) in [7, 11) is -0.491. The van der Waals surface area contributed by atoms with Crippen molar-refractivity contribution >= 4 is 26.5 Å². The van der Waals surface area contributed by atoms with Gasteiger partial charge in [0.05, 0.1) is 0 Å². The number of hydrogen-bond acceptors (Lipinski definition) is 2. The second-order valence-electron chi connectivity index (χ2n) is 1.66. The van der Waals surface area contributed by atoms with E-state index in [2.05, 4.69) is 34.2 Å². The largest absolute Gasteiger partial charge is 0.183 e. The van der Waals surface area contributed by atoms with Crippen molar-refractivity contribution in [3.05, 3.63) is 0 Å². The van der Waals surface area contributed by atoms with Crippen LogP contribution in [0.15, 0.2) is 0 Å². The number of hydrogen-bond donors (Lipinski definition) is 1. The van der Waals surface area contributed by atoms with E-state index in [1.807, 2.05) is 3.44 Å². The van der Waals surface area contributed by atoms with Crippen LogP contribution >= 0.6 is 26.5 Å². The van der Waals surface area contributed by atoms with Crippen LogP contribution in [-0.2, 0) is 0 Å². The van der Waals surface area contributed by atoms with E-state index >= 15 is 0 Å². The van der Waals surface area contributed by atoms with Crippen molar-refractivity contribution in [1.29, 1.82) is 0 Å². The van der Waals surface area contributed by atoms with Gasteiger partial charge in [0.25, 0.3) is 0 Å². The van der Waals surface area contributed by atoms with Gasteiger partial charge in [0.15, 0.2) is 0 Å². The van der Waals surface area contributed by atoms with Crippen LogP contribution in [0.4, 0.5) is 0 Å². The fourth-order valence-electron chi connectivity index (χ4n) is 0.316. The molecule has 0 saturated carbocycles. The van der Waals surface area contributed by atoms with Crippen molar-refractivity contribution < 1.29 is 0 Å². The molecule has 0 spiro atoms. The Hall–Kier alpha value is 0.750. The minimum atomic E-state index is -0.491. The monoisotopic (exact) mass is 184 g/mol. The van der Waals surface area contributed by atoms with Crippen LogP contribution in [0.2, 0.25) is 0 Å². The first-order valence-corrected chi connectivity index (χ1v) is 5.06. The lowest BCUT2D eigenvalue weighted by molar-refractivity contribution is 0.912. The molecule has 44 valence electrons. The van der Waals surface area contributed by atoms with E-state index in [0.717, 1.165) is 0 Å². The molecule has 2 nitrogen and oxygen atoms in total. The second-order valence-corrected chi connectivity index (χ2v) is 6.05. The highest BCUT2D eigenvalue weighted by molar-refractivity contribution is 9.10. The van der Waals surface area contributed by atoms with Crippen LogP contribution < -0.4 is 4.83 Å². The average Bonchev–Trinajstić information content (AvgIpc) is 2.18. The first-order chi connectivity index (χ1) is 3.19. The summed E-state index contributed by atoms with van der Waals surface area (Å²) >= 11 is 3.32. The molecule has 1 fully saturated rings. The van der Waals surface area contributed by atoms with Gasteiger partial charge < -0.3 is 0 Å². The maximum Gasteiger partial charge on any atom is 0.0420 e. The maximum absolute atomic E-state index is 3.32. The zero-order chi connectivity index (χ0) is 5.49. The van der Waals surface area contributed by atoms with Crippen molar-refractivity contribution in [3.8, 4) is 0 Å². The van der Waals surface area contributed by atoms with Crippen molar-refractivity contribution in [2.45, 2.75) is 6.92 Å². The SMILES string of the molecule is CCS1(C)NN1Br. The standard InChI is InChI=1S/C3H9BrN2S/c1-3-7(2)5-6(7)4/h5H,3H2,1-2H3. The van der Waals surface area contributed by atoms with Gasteiger partial charge in [-0.2, -0.15) is 4.83 Å². The number of rotatable bonds is 1. The van der Waals surface area contributed by atoms with Gasteiger partial charge >= 0.3 is 0 Å². The summed E-state index contributed by atoms with van der Waals surface area (Å²) in [6, 6.07) is 0. The third kappa shape index (κ3) is 0.937. The summed E-state index contributed by atoms with van der Waals surface area (Å²) in [5, 5.41) is 0. The first-order valence-electron chi connectivity index (χ1n) is 2.18. The molecule has 1 aliphatic rings. The third-order valence-electron chi connectivity index (χ3n) is 1.15. The van der Waals surface area contributed by atoms with E-state index in [-0.39, 0.29) is 0 Å². The summed E-state index contributed by atoms with van der Waals surface area (Å²) in [4.78, 5) is 3.19. The van der Waals surface area contributed by atoms with Crippen LogP contribution in [0.3, 0.4) is 0 Å². The van der Waals surface area contributed by atoms with Gasteiger partial charge in [0, 0.05) is 21.9 Å². The Morgan fingerprint density at radius 3 is 2.29 bits per heavy atom. The number of hydrazine groups is 1. The Labute approximate surface area is 54.2 Å². The molecule has 1 heterocycles. The van der Waals surface area contributed by atoms with Crippen LogP contribution in [-0.4, -0.2) is 15.4 Å². The van der Waals surface area contributed by atoms with Gasteiger partial charge in [-0.3, -0.25) is 0 Å². The summed E-state index contributed by atoms with van der Waals surface area (Å²) in [5.74, 6) is 1.22. The predicted molar refractivity (Wildman–Crippen MR) is 38.0 cm³/mol. The molecule has 7 heavy (non-hydrogen) atoms. The Morgan fingerprint density at radius 2 is 2.29 bits per heavy atom. The van der Waals surface area contributed by atoms with Crippen molar-refractivity contribution in [2.75, 3.05) is 12.0 Å². The Bertz CT molecular complexity index is 85.0. The van der Waals surface area contributed by atoms with E-state index in [0.29, 0.717) is 0 Å². The molecule has 0 radical (unpaired) electrons. The highest BCUT2D eigenvalue weighted by Gasteiger charge is 2.38. The molecule has 1 aliphatic heterocycles. The quantitative estimate of drug-likeness (QED) is 0.493. The second kappa shape index (κ2) is 1.62. The molecular formula is C3H9BrN2S. The fraction of sp³-hybridized carbons (Fsp3) is 1.00. The van der Waals surface area contributed by atoms with E-state index in [4.69, 9.17) is 0 Å². The molecule has 1 saturated heterocycles. The van der Waals surface area contributed by atoms with Crippen LogP contribution in [0.1, 0.15) is 6.92 Å². The minimum Gasteiger partial charge on any atom is -0.183 e. The molecule has 0 amide bonds.